The van der Waals surface area contributed by atoms with E-state index in [1.165, 1.54) is 11.1 Å². The summed E-state index contributed by atoms with van der Waals surface area (Å²) in [5, 5.41) is 15.2. The SMILES string of the molecule is CN(C)C[C@@]1(O)CCCN(Cc2ccccc2Cn2cccn2)CC1. The van der Waals surface area contributed by atoms with Gasteiger partial charge in [0.1, 0.15) is 0 Å². The van der Waals surface area contributed by atoms with Gasteiger partial charge in [-0.05, 0) is 57.1 Å². The fraction of sp³-hybridized carbons (Fsp3) is 0.550. The summed E-state index contributed by atoms with van der Waals surface area (Å²) >= 11 is 0. The van der Waals surface area contributed by atoms with Gasteiger partial charge in [-0.1, -0.05) is 24.3 Å². The molecule has 1 aliphatic rings. The zero-order valence-electron chi connectivity index (χ0n) is 15.4. The Kier molecular flexibility index (Phi) is 5.89. The summed E-state index contributed by atoms with van der Waals surface area (Å²) in [6, 6.07) is 10.6. The lowest BCUT2D eigenvalue weighted by molar-refractivity contribution is 0.00257. The van der Waals surface area contributed by atoms with E-state index in [4.69, 9.17) is 0 Å². The summed E-state index contributed by atoms with van der Waals surface area (Å²) in [4.78, 5) is 4.57. The Morgan fingerprint density at radius 3 is 2.52 bits per heavy atom. The van der Waals surface area contributed by atoms with E-state index in [0.29, 0.717) is 0 Å². The molecule has 1 aliphatic heterocycles. The molecular weight excluding hydrogens is 312 g/mol. The van der Waals surface area contributed by atoms with E-state index in [2.05, 4.69) is 39.2 Å². The highest BCUT2D eigenvalue weighted by molar-refractivity contribution is 5.27. The Hall–Kier alpha value is -1.69. The molecular formula is C20H30N4O. The van der Waals surface area contributed by atoms with Crippen molar-refractivity contribution in [2.45, 2.75) is 38.0 Å². The number of aliphatic hydroxyl groups is 1. The number of aromatic nitrogens is 2. The molecule has 0 spiro atoms. The minimum absolute atomic E-state index is 0.549. The third kappa shape index (κ3) is 5.14. The third-order valence-electron chi connectivity index (χ3n) is 5.02. The van der Waals surface area contributed by atoms with Gasteiger partial charge in [-0.3, -0.25) is 9.58 Å². The molecule has 1 saturated heterocycles. The molecule has 0 aliphatic carbocycles. The predicted octanol–water partition coefficient (Wildman–Crippen LogP) is 2.21. The van der Waals surface area contributed by atoms with E-state index < -0.39 is 5.60 Å². The number of rotatable bonds is 6. The lowest BCUT2D eigenvalue weighted by Gasteiger charge is -2.30. The molecule has 1 aromatic heterocycles. The van der Waals surface area contributed by atoms with Crippen molar-refractivity contribution >= 4 is 0 Å². The van der Waals surface area contributed by atoms with Gasteiger partial charge < -0.3 is 10.0 Å². The van der Waals surface area contributed by atoms with Gasteiger partial charge in [0, 0.05) is 32.0 Å². The summed E-state index contributed by atoms with van der Waals surface area (Å²) in [7, 11) is 4.07. The zero-order valence-corrected chi connectivity index (χ0v) is 15.4. The van der Waals surface area contributed by atoms with Crippen LogP contribution in [0, 0.1) is 0 Å². The Morgan fingerprint density at radius 1 is 1.08 bits per heavy atom. The quantitative estimate of drug-likeness (QED) is 0.874. The molecule has 5 heteroatoms. The topological polar surface area (TPSA) is 44.5 Å². The molecule has 1 fully saturated rings. The molecule has 2 heterocycles. The highest BCUT2D eigenvalue weighted by atomic mass is 16.3. The largest absolute Gasteiger partial charge is 0.389 e. The second kappa shape index (κ2) is 8.13. The van der Waals surface area contributed by atoms with Crippen LogP contribution in [0.5, 0.6) is 0 Å². The summed E-state index contributed by atoms with van der Waals surface area (Å²) in [5.41, 5.74) is 2.13. The molecule has 5 nitrogen and oxygen atoms in total. The van der Waals surface area contributed by atoms with Crippen molar-refractivity contribution in [2.75, 3.05) is 33.7 Å². The van der Waals surface area contributed by atoms with Crippen molar-refractivity contribution < 1.29 is 5.11 Å². The number of hydrogen-bond acceptors (Lipinski definition) is 4. The number of hydrogen-bond donors (Lipinski definition) is 1. The maximum atomic E-state index is 10.9. The lowest BCUT2D eigenvalue weighted by atomic mass is 9.94. The lowest BCUT2D eigenvalue weighted by Crippen LogP contribution is -2.40. The van der Waals surface area contributed by atoms with Crippen LogP contribution in [-0.2, 0) is 13.1 Å². The predicted molar refractivity (Wildman–Crippen MR) is 100 cm³/mol. The van der Waals surface area contributed by atoms with Crippen LogP contribution in [-0.4, -0.2) is 64.0 Å². The highest BCUT2D eigenvalue weighted by Gasteiger charge is 2.30. The first-order valence-corrected chi connectivity index (χ1v) is 9.18. The van der Waals surface area contributed by atoms with Crippen molar-refractivity contribution in [3.05, 3.63) is 53.9 Å². The van der Waals surface area contributed by atoms with Gasteiger partial charge in [0.05, 0.1) is 12.1 Å². The summed E-state index contributed by atoms with van der Waals surface area (Å²) in [6.07, 6.45) is 6.60. The van der Waals surface area contributed by atoms with E-state index in [-0.39, 0.29) is 0 Å². The molecule has 0 saturated carbocycles. The van der Waals surface area contributed by atoms with Crippen LogP contribution in [0.3, 0.4) is 0 Å². The van der Waals surface area contributed by atoms with E-state index in [0.717, 1.165) is 52.0 Å². The molecule has 1 aromatic carbocycles. The molecule has 0 unspecified atom stereocenters. The Bertz CT molecular complexity index is 655. The normalized spacial score (nSPS) is 22.2. The Labute approximate surface area is 150 Å². The van der Waals surface area contributed by atoms with Crippen LogP contribution in [0.15, 0.2) is 42.7 Å². The van der Waals surface area contributed by atoms with Crippen LogP contribution in [0.2, 0.25) is 0 Å². The number of likely N-dealkylation sites (tertiary alicyclic amines) is 1. The number of nitrogens with zero attached hydrogens (tertiary/aromatic N) is 4. The zero-order chi connectivity index (χ0) is 17.7. The molecule has 1 atom stereocenters. The standard InChI is InChI=1S/C20H30N4O/c1-22(2)17-20(25)9-5-12-23(14-10-20)15-18-7-3-4-8-19(18)16-24-13-6-11-21-24/h3-4,6-8,11,13,25H,5,9-10,12,14-17H2,1-2H3/t20-/m1/s1. The molecule has 0 radical (unpaired) electrons. The van der Waals surface area contributed by atoms with Gasteiger partial charge in [0.25, 0.3) is 0 Å². The minimum atomic E-state index is -0.549. The monoisotopic (exact) mass is 342 g/mol. The van der Waals surface area contributed by atoms with E-state index >= 15 is 0 Å². The average Bonchev–Trinajstić information content (AvgIpc) is 3.00. The number of likely N-dealkylation sites (N-methyl/N-ethyl adjacent to an activating group) is 1. The van der Waals surface area contributed by atoms with Crippen LogP contribution in [0.25, 0.3) is 0 Å². The van der Waals surface area contributed by atoms with Gasteiger partial charge in [-0.2, -0.15) is 5.10 Å². The fourth-order valence-electron chi connectivity index (χ4n) is 3.82. The fourth-order valence-corrected chi connectivity index (χ4v) is 3.82. The maximum Gasteiger partial charge on any atom is 0.0786 e. The van der Waals surface area contributed by atoms with Gasteiger partial charge in [0.2, 0.25) is 0 Å². The Morgan fingerprint density at radius 2 is 1.84 bits per heavy atom. The van der Waals surface area contributed by atoms with Crippen molar-refractivity contribution in [1.29, 1.82) is 0 Å². The maximum absolute atomic E-state index is 10.9. The molecule has 0 bridgehead atoms. The summed E-state index contributed by atoms with van der Waals surface area (Å²) in [5.74, 6) is 0. The van der Waals surface area contributed by atoms with Crippen molar-refractivity contribution in [3.8, 4) is 0 Å². The average molecular weight is 342 g/mol. The second-order valence-corrected chi connectivity index (χ2v) is 7.56. The van der Waals surface area contributed by atoms with E-state index in [9.17, 15) is 5.11 Å². The Balaban J connectivity index is 1.65. The van der Waals surface area contributed by atoms with Gasteiger partial charge in [0.15, 0.2) is 0 Å². The second-order valence-electron chi connectivity index (χ2n) is 7.56. The van der Waals surface area contributed by atoms with Gasteiger partial charge >= 0.3 is 0 Å². The van der Waals surface area contributed by atoms with E-state index in [1.807, 2.05) is 37.2 Å². The van der Waals surface area contributed by atoms with Gasteiger partial charge in [-0.25, -0.2) is 0 Å². The van der Waals surface area contributed by atoms with Crippen LogP contribution < -0.4 is 0 Å². The first kappa shape index (κ1) is 18.1. The molecule has 136 valence electrons. The van der Waals surface area contributed by atoms with Crippen LogP contribution >= 0.6 is 0 Å². The highest BCUT2D eigenvalue weighted by Crippen LogP contribution is 2.24. The van der Waals surface area contributed by atoms with Crippen LogP contribution in [0.1, 0.15) is 30.4 Å². The molecule has 1 N–H and O–H groups in total. The molecule has 2 aromatic rings. The first-order chi connectivity index (χ1) is 12.0. The van der Waals surface area contributed by atoms with Crippen molar-refractivity contribution in [2.24, 2.45) is 0 Å². The third-order valence-corrected chi connectivity index (χ3v) is 5.02. The first-order valence-electron chi connectivity index (χ1n) is 9.18. The van der Waals surface area contributed by atoms with E-state index in [1.54, 1.807) is 0 Å². The summed E-state index contributed by atoms with van der Waals surface area (Å²) < 4.78 is 1.97. The summed E-state index contributed by atoms with van der Waals surface area (Å²) in [6.45, 7) is 4.49. The molecule has 25 heavy (non-hydrogen) atoms. The van der Waals surface area contributed by atoms with Crippen LogP contribution in [0.4, 0.5) is 0 Å². The molecule has 0 amide bonds. The van der Waals surface area contributed by atoms with Crippen molar-refractivity contribution in [3.63, 3.8) is 0 Å². The minimum Gasteiger partial charge on any atom is -0.389 e. The van der Waals surface area contributed by atoms with Gasteiger partial charge in [-0.15, -0.1) is 0 Å². The molecule has 3 rings (SSSR count). The van der Waals surface area contributed by atoms with Crippen molar-refractivity contribution in [1.82, 2.24) is 19.6 Å². The number of benzene rings is 1. The smallest absolute Gasteiger partial charge is 0.0786 e.